The summed E-state index contributed by atoms with van der Waals surface area (Å²) in [5, 5.41) is 10.8. The second kappa shape index (κ2) is 7.77. The SMILES string of the molecule is O=C(Nc1ncn(Cc2ccccc2)n1)[C@@H]1CC(c2c(F)cccc2Cl)=NO1. The molecule has 1 aliphatic rings. The molecule has 3 aromatic rings. The van der Waals surface area contributed by atoms with Crippen molar-refractivity contribution < 1.29 is 14.0 Å². The third-order valence-corrected chi connectivity index (χ3v) is 4.49. The van der Waals surface area contributed by atoms with Crippen LogP contribution in [0.4, 0.5) is 10.3 Å². The Bertz CT molecular complexity index is 1020. The van der Waals surface area contributed by atoms with Crippen molar-refractivity contribution in [1.29, 1.82) is 0 Å². The number of carbonyl (C=O) groups excluding carboxylic acids is 1. The third kappa shape index (κ3) is 3.86. The lowest BCUT2D eigenvalue weighted by Crippen LogP contribution is -2.28. The highest BCUT2D eigenvalue weighted by Gasteiger charge is 2.31. The van der Waals surface area contributed by atoms with E-state index in [9.17, 15) is 9.18 Å². The van der Waals surface area contributed by atoms with E-state index in [1.165, 1.54) is 18.5 Å². The summed E-state index contributed by atoms with van der Waals surface area (Å²) in [6.07, 6.45) is 0.711. The number of nitrogens with one attached hydrogen (secondary N) is 1. The zero-order valence-corrected chi connectivity index (χ0v) is 15.3. The fourth-order valence-electron chi connectivity index (χ4n) is 2.83. The highest BCUT2D eigenvalue weighted by molar-refractivity contribution is 6.34. The largest absolute Gasteiger partial charge is 0.382 e. The van der Waals surface area contributed by atoms with Crippen LogP contribution in [0.2, 0.25) is 5.02 Å². The lowest BCUT2D eigenvalue weighted by molar-refractivity contribution is -0.125. The van der Waals surface area contributed by atoms with Gasteiger partial charge in [0.2, 0.25) is 12.1 Å². The molecule has 0 radical (unpaired) electrons. The maximum absolute atomic E-state index is 14.0. The fraction of sp³-hybridized carbons (Fsp3) is 0.158. The van der Waals surface area contributed by atoms with Crippen LogP contribution in [0, 0.1) is 5.82 Å². The van der Waals surface area contributed by atoms with E-state index in [2.05, 4.69) is 20.6 Å². The normalized spacial score (nSPS) is 15.8. The lowest BCUT2D eigenvalue weighted by Gasteiger charge is -2.07. The summed E-state index contributed by atoms with van der Waals surface area (Å²) in [4.78, 5) is 21.6. The van der Waals surface area contributed by atoms with Crippen LogP contribution >= 0.6 is 11.6 Å². The first kappa shape index (κ1) is 18.1. The monoisotopic (exact) mass is 399 g/mol. The molecule has 28 heavy (non-hydrogen) atoms. The first-order chi connectivity index (χ1) is 13.6. The molecule has 1 aliphatic heterocycles. The number of nitrogens with zero attached hydrogens (tertiary/aromatic N) is 4. The molecule has 2 aromatic carbocycles. The number of rotatable bonds is 5. The number of oxime groups is 1. The molecule has 0 saturated carbocycles. The molecule has 7 nitrogen and oxygen atoms in total. The predicted molar refractivity (Wildman–Crippen MR) is 102 cm³/mol. The van der Waals surface area contributed by atoms with Gasteiger partial charge in [-0.3, -0.25) is 10.1 Å². The van der Waals surface area contributed by atoms with Crippen LogP contribution in [0.1, 0.15) is 17.5 Å². The molecule has 142 valence electrons. The molecule has 0 fully saturated rings. The fourth-order valence-corrected chi connectivity index (χ4v) is 3.10. The smallest absolute Gasteiger partial charge is 0.271 e. The molecule has 0 aliphatic carbocycles. The van der Waals surface area contributed by atoms with Gasteiger partial charge in [-0.2, -0.15) is 0 Å². The van der Waals surface area contributed by atoms with Crippen molar-refractivity contribution in [2.24, 2.45) is 5.16 Å². The Balaban J connectivity index is 1.38. The highest BCUT2D eigenvalue weighted by atomic mass is 35.5. The minimum absolute atomic E-state index is 0.0945. The highest BCUT2D eigenvalue weighted by Crippen LogP contribution is 2.25. The van der Waals surface area contributed by atoms with Crippen LogP contribution in [0.25, 0.3) is 0 Å². The lowest BCUT2D eigenvalue weighted by atomic mass is 10.0. The van der Waals surface area contributed by atoms with E-state index in [0.29, 0.717) is 6.54 Å². The Kier molecular flexibility index (Phi) is 5.03. The van der Waals surface area contributed by atoms with Gasteiger partial charge in [-0.05, 0) is 17.7 Å². The molecular formula is C19H15ClFN5O2. The maximum Gasteiger partial charge on any atom is 0.271 e. The van der Waals surface area contributed by atoms with Crippen molar-refractivity contribution >= 4 is 29.2 Å². The average molecular weight is 400 g/mol. The molecule has 9 heteroatoms. The van der Waals surface area contributed by atoms with E-state index in [0.717, 1.165) is 5.56 Å². The molecule has 0 saturated heterocycles. The minimum Gasteiger partial charge on any atom is -0.382 e. The first-order valence-corrected chi connectivity index (χ1v) is 8.89. The van der Waals surface area contributed by atoms with Gasteiger partial charge in [-0.15, -0.1) is 5.10 Å². The number of benzene rings is 2. The minimum atomic E-state index is -0.910. The molecule has 0 bridgehead atoms. The second-order valence-electron chi connectivity index (χ2n) is 6.17. The Morgan fingerprint density at radius 3 is 2.86 bits per heavy atom. The van der Waals surface area contributed by atoms with Gasteiger partial charge in [0.05, 0.1) is 22.8 Å². The standard InChI is InChI=1S/C19H15ClFN5O2/c20-13-7-4-8-14(21)17(13)15-9-16(28-25-15)18(27)23-19-22-11-26(24-19)10-12-5-2-1-3-6-12/h1-8,11,16H,9-10H2,(H,23,24,27)/t16-/m0/s1. The van der Waals surface area contributed by atoms with E-state index in [1.807, 2.05) is 30.3 Å². The number of amides is 1. The van der Waals surface area contributed by atoms with Crippen molar-refractivity contribution in [3.8, 4) is 0 Å². The number of hydrogen-bond donors (Lipinski definition) is 1. The predicted octanol–water partition coefficient (Wildman–Crippen LogP) is 3.25. The number of hydrogen-bond acceptors (Lipinski definition) is 5. The van der Waals surface area contributed by atoms with Crippen LogP contribution in [0.5, 0.6) is 0 Å². The van der Waals surface area contributed by atoms with E-state index in [1.54, 1.807) is 10.7 Å². The van der Waals surface area contributed by atoms with Crippen molar-refractivity contribution in [2.45, 2.75) is 19.1 Å². The molecule has 1 amide bonds. The van der Waals surface area contributed by atoms with E-state index in [-0.39, 0.29) is 28.7 Å². The van der Waals surface area contributed by atoms with Crippen LogP contribution in [0.3, 0.4) is 0 Å². The molecule has 2 heterocycles. The van der Waals surface area contributed by atoms with Gasteiger partial charge in [0.15, 0.2) is 0 Å². The number of aromatic nitrogens is 3. The first-order valence-electron chi connectivity index (χ1n) is 8.51. The maximum atomic E-state index is 14.0. The van der Waals surface area contributed by atoms with Crippen LogP contribution in [0.15, 0.2) is 60.0 Å². The summed E-state index contributed by atoms with van der Waals surface area (Å²) in [7, 11) is 0. The summed E-state index contributed by atoms with van der Waals surface area (Å²) < 4.78 is 15.6. The Morgan fingerprint density at radius 2 is 2.07 bits per heavy atom. The van der Waals surface area contributed by atoms with Gasteiger partial charge in [0.1, 0.15) is 12.1 Å². The van der Waals surface area contributed by atoms with Gasteiger partial charge in [0, 0.05) is 6.42 Å². The summed E-state index contributed by atoms with van der Waals surface area (Å²) in [6.45, 7) is 0.530. The molecule has 4 rings (SSSR count). The van der Waals surface area contributed by atoms with E-state index in [4.69, 9.17) is 16.4 Å². The summed E-state index contributed by atoms with van der Waals surface area (Å²) in [5.41, 5.74) is 1.49. The Hall–Kier alpha value is -3.26. The summed E-state index contributed by atoms with van der Waals surface area (Å²) in [5.74, 6) is -0.831. The molecular weight excluding hydrogens is 385 g/mol. The van der Waals surface area contributed by atoms with Crippen molar-refractivity contribution in [2.75, 3.05) is 5.32 Å². The summed E-state index contributed by atoms with van der Waals surface area (Å²) in [6, 6.07) is 14.1. The van der Waals surface area contributed by atoms with Gasteiger partial charge >= 0.3 is 0 Å². The van der Waals surface area contributed by atoms with E-state index >= 15 is 0 Å². The molecule has 0 unspecified atom stereocenters. The molecule has 0 spiro atoms. The van der Waals surface area contributed by atoms with E-state index < -0.39 is 17.8 Å². The zero-order chi connectivity index (χ0) is 19.5. The number of anilines is 1. The van der Waals surface area contributed by atoms with Crippen LogP contribution in [-0.2, 0) is 16.2 Å². The Labute approximate surface area is 164 Å². The topological polar surface area (TPSA) is 81.4 Å². The zero-order valence-electron chi connectivity index (χ0n) is 14.5. The number of halogens is 2. The Morgan fingerprint density at radius 1 is 1.25 bits per heavy atom. The number of carbonyl (C=O) groups is 1. The van der Waals surface area contributed by atoms with Gasteiger partial charge in [0.25, 0.3) is 5.91 Å². The summed E-state index contributed by atoms with van der Waals surface area (Å²) >= 11 is 6.04. The van der Waals surface area contributed by atoms with Gasteiger partial charge in [-0.25, -0.2) is 14.1 Å². The third-order valence-electron chi connectivity index (χ3n) is 4.17. The van der Waals surface area contributed by atoms with Crippen LogP contribution in [-0.4, -0.2) is 32.5 Å². The van der Waals surface area contributed by atoms with Gasteiger partial charge < -0.3 is 4.84 Å². The quantitative estimate of drug-likeness (QED) is 0.714. The second-order valence-corrected chi connectivity index (χ2v) is 6.58. The average Bonchev–Trinajstić information content (AvgIpc) is 3.32. The van der Waals surface area contributed by atoms with Crippen molar-refractivity contribution in [1.82, 2.24) is 14.8 Å². The van der Waals surface area contributed by atoms with Gasteiger partial charge in [-0.1, -0.05) is 53.2 Å². The van der Waals surface area contributed by atoms with Crippen molar-refractivity contribution in [3.63, 3.8) is 0 Å². The van der Waals surface area contributed by atoms with Crippen LogP contribution < -0.4 is 5.32 Å². The molecule has 1 aromatic heterocycles. The molecule has 1 N–H and O–H groups in total. The molecule has 1 atom stereocenters. The van der Waals surface area contributed by atoms with Crippen molar-refractivity contribution in [3.05, 3.63) is 76.8 Å².